The van der Waals surface area contributed by atoms with Gasteiger partial charge in [0.25, 0.3) is 5.91 Å². The smallest absolute Gasteiger partial charge is 0.410 e. The highest BCUT2D eigenvalue weighted by atomic mass is 19.1. The molecule has 0 aromatic heterocycles. The third-order valence-corrected chi connectivity index (χ3v) is 5.64. The van der Waals surface area contributed by atoms with Gasteiger partial charge in [-0.2, -0.15) is 0 Å². The van der Waals surface area contributed by atoms with E-state index < -0.39 is 11.6 Å². The summed E-state index contributed by atoms with van der Waals surface area (Å²) < 4.78 is 23.7. The van der Waals surface area contributed by atoms with Crippen LogP contribution in [-0.2, 0) is 19.1 Å². The minimum absolute atomic E-state index is 0.219. The number of hydrogen-bond donors (Lipinski definition) is 0. The van der Waals surface area contributed by atoms with Crippen LogP contribution in [0.2, 0.25) is 0 Å². The monoisotopic (exact) mass is 449 g/mol. The summed E-state index contributed by atoms with van der Waals surface area (Å²) in [5, 5.41) is 0. The summed E-state index contributed by atoms with van der Waals surface area (Å²) >= 11 is 0. The number of ether oxygens (including phenoxy) is 2. The molecule has 32 heavy (non-hydrogen) atoms. The first-order chi connectivity index (χ1) is 15.1. The Kier molecular flexibility index (Phi) is 7.58. The zero-order valence-corrected chi connectivity index (χ0v) is 19.0. The standard InChI is InChI=1S/C23H32FN3O5/c1-23(2,3)32-22(30)27-10-8-17(9-11-27)21(29)31-16-20(28)26-14-12-25(13-15-26)19-6-4-18(24)5-7-19/h4-7,17H,8-16H2,1-3H3. The van der Waals surface area contributed by atoms with E-state index in [1.54, 1.807) is 21.9 Å². The summed E-state index contributed by atoms with van der Waals surface area (Å²) in [4.78, 5) is 42.3. The van der Waals surface area contributed by atoms with Crippen molar-refractivity contribution in [2.24, 2.45) is 5.92 Å². The SMILES string of the molecule is CC(C)(C)OC(=O)N1CCC(C(=O)OCC(=O)N2CCN(c3ccc(F)cc3)CC2)CC1. The van der Waals surface area contributed by atoms with Gasteiger partial charge >= 0.3 is 12.1 Å². The van der Waals surface area contributed by atoms with Gasteiger partial charge < -0.3 is 24.2 Å². The quantitative estimate of drug-likeness (QED) is 0.658. The molecule has 9 heteroatoms. The Labute approximate surface area is 188 Å². The lowest BCUT2D eigenvalue weighted by molar-refractivity contribution is -0.156. The Balaban J connectivity index is 1.37. The molecule has 1 aromatic carbocycles. The van der Waals surface area contributed by atoms with Crippen LogP contribution in [0.25, 0.3) is 0 Å². The maximum atomic E-state index is 13.1. The number of esters is 1. The molecular formula is C23H32FN3O5. The van der Waals surface area contributed by atoms with Crippen LogP contribution in [0.3, 0.4) is 0 Å². The lowest BCUT2D eigenvalue weighted by Crippen LogP contribution is -2.50. The van der Waals surface area contributed by atoms with Gasteiger partial charge in [0.1, 0.15) is 11.4 Å². The first-order valence-electron chi connectivity index (χ1n) is 11.1. The molecule has 2 fully saturated rings. The summed E-state index contributed by atoms with van der Waals surface area (Å²) in [7, 11) is 0. The zero-order valence-electron chi connectivity index (χ0n) is 19.0. The minimum atomic E-state index is -0.558. The molecule has 1 aromatic rings. The number of piperazine rings is 1. The van der Waals surface area contributed by atoms with Gasteiger partial charge in [-0.1, -0.05) is 0 Å². The predicted molar refractivity (Wildman–Crippen MR) is 117 cm³/mol. The largest absolute Gasteiger partial charge is 0.455 e. The summed E-state index contributed by atoms with van der Waals surface area (Å²) in [5.41, 5.74) is 0.361. The van der Waals surface area contributed by atoms with Crippen molar-refractivity contribution >= 4 is 23.7 Å². The Morgan fingerprint density at radius 2 is 1.53 bits per heavy atom. The second-order valence-corrected chi connectivity index (χ2v) is 9.19. The highest BCUT2D eigenvalue weighted by molar-refractivity contribution is 5.81. The molecule has 176 valence electrons. The molecule has 0 spiro atoms. The maximum absolute atomic E-state index is 13.1. The van der Waals surface area contributed by atoms with Crippen molar-refractivity contribution < 1.29 is 28.2 Å². The molecule has 0 radical (unpaired) electrons. The number of hydrogen-bond acceptors (Lipinski definition) is 6. The number of amides is 2. The van der Waals surface area contributed by atoms with Crippen molar-refractivity contribution in [2.45, 2.75) is 39.2 Å². The molecule has 2 aliphatic heterocycles. The van der Waals surface area contributed by atoms with E-state index in [1.165, 1.54) is 12.1 Å². The summed E-state index contributed by atoms with van der Waals surface area (Å²) in [6, 6.07) is 6.29. The lowest BCUT2D eigenvalue weighted by Gasteiger charge is -2.36. The van der Waals surface area contributed by atoms with Crippen molar-refractivity contribution in [3.8, 4) is 0 Å². The van der Waals surface area contributed by atoms with Crippen LogP contribution in [0.4, 0.5) is 14.9 Å². The van der Waals surface area contributed by atoms with E-state index in [9.17, 15) is 18.8 Å². The lowest BCUT2D eigenvalue weighted by atomic mass is 9.97. The third-order valence-electron chi connectivity index (χ3n) is 5.64. The number of rotatable bonds is 4. The van der Waals surface area contributed by atoms with E-state index in [-0.39, 0.29) is 30.3 Å². The average Bonchev–Trinajstić information content (AvgIpc) is 2.77. The van der Waals surface area contributed by atoms with Crippen molar-refractivity contribution in [2.75, 3.05) is 50.8 Å². The zero-order chi connectivity index (χ0) is 23.3. The fraction of sp³-hybridized carbons (Fsp3) is 0.609. The number of nitrogens with zero attached hydrogens (tertiary/aromatic N) is 3. The summed E-state index contributed by atoms with van der Waals surface area (Å²) in [5.74, 6) is -1.22. The van der Waals surface area contributed by atoms with Crippen molar-refractivity contribution in [3.05, 3.63) is 30.1 Å². The Morgan fingerprint density at radius 1 is 0.938 bits per heavy atom. The number of anilines is 1. The molecule has 2 aliphatic rings. The van der Waals surface area contributed by atoms with Crippen LogP contribution in [0.1, 0.15) is 33.6 Å². The summed E-state index contributed by atoms with van der Waals surface area (Å²) in [6.45, 7) is 8.31. The van der Waals surface area contributed by atoms with Gasteiger partial charge in [0.2, 0.25) is 0 Å². The fourth-order valence-corrected chi connectivity index (χ4v) is 3.83. The van der Waals surface area contributed by atoms with Gasteiger partial charge in [0.05, 0.1) is 5.92 Å². The van der Waals surface area contributed by atoms with Crippen molar-refractivity contribution in [3.63, 3.8) is 0 Å². The number of likely N-dealkylation sites (tertiary alicyclic amines) is 1. The molecule has 0 unspecified atom stereocenters. The van der Waals surface area contributed by atoms with E-state index in [1.807, 2.05) is 20.8 Å². The average molecular weight is 450 g/mol. The molecule has 2 amide bonds. The van der Waals surface area contributed by atoms with Gasteiger partial charge in [0.15, 0.2) is 6.61 Å². The topological polar surface area (TPSA) is 79.4 Å². The van der Waals surface area contributed by atoms with Crippen molar-refractivity contribution in [1.82, 2.24) is 9.80 Å². The van der Waals surface area contributed by atoms with E-state index in [0.29, 0.717) is 52.1 Å². The van der Waals surface area contributed by atoms with Gasteiger partial charge in [0, 0.05) is 45.0 Å². The Morgan fingerprint density at radius 3 is 2.09 bits per heavy atom. The number of piperidine rings is 1. The Bertz CT molecular complexity index is 808. The predicted octanol–water partition coefficient (Wildman–Crippen LogP) is 2.66. The first kappa shape index (κ1) is 23.8. The summed E-state index contributed by atoms with van der Waals surface area (Å²) in [6.07, 6.45) is 0.602. The normalized spacial score (nSPS) is 17.8. The minimum Gasteiger partial charge on any atom is -0.455 e. The molecule has 0 N–H and O–H groups in total. The molecule has 0 bridgehead atoms. The molecular weight excluding hydrogens is 417 g/mol. The highest BCUT2D eigenvalue weighted by Gasteiger charge is 2.31. The molecule has 8 nitrogen and oxygen atoms in total. The highest BCUT2D eigenvalue weighted by Crippen LogP contribution is 2.21. The third kappa shape index (κ3) is 6.58. The van der Waals surface area contributed by atoms with Gasteiger partial charge in [-0.3, -0.25) is 9.59 Å². The van der Waals surface area contributed by atoms with Crippen molar-refractivity contribution in [1.29, 1.82) is 0 Å². The number of benzene rings is 1. The second kappa shape index (κ2) is 10.2. The van der Waals surface area contributed by atoms with Gasteiger partial charge in [-0.15, -0.1) is 0 Å². The van der Waals surface area contributed by atoms with E-state index in [4.69, 9.17) is 9.47 Å². The van der Waals surface area contributed by atoms with Crippen LogP contribution in [0.15, 0.2) is 24.3 Å². The number of carbonyl (C=O) groups excluding carboxylic acids is 3. The first-order valence-corrected chi connectivity index (χ1v) is 11.1. The number of carbonyl (C=O) groups is 3. The molecule has 2 heterocycles. The Hall–Kier alpha value is -2.84. The van der Waals surface area contributed by atoms with Crippen LogP contribution < -0.4 is 4.90 Å². The van der Waals surface area contributed by atoms with Gasteiger partial charge in [-0.05, 0) is 57.9 Å². The maximum Gasteiger partial charge on any atom is 0.410 e. The molecule has 0 atom stereocenters. The van der Waals surface area contributed by atoms with Crippen LogP contribution in [0, 0.1) is 11.7 Å². The van der Waals surface area contributed by atoms with Crippen LogP contribution in [0.5, 0.6) is 0 Å². The fourth-order valence-electron chi connectivity index (χ4n) is 3.83. The van der Waals surface area contributed by atoms with E-state index >= 15 is 0 Å². The van der Waals surface area contributed by atoms with Crippen LogP contribution in [-0.4, -0.2) is 79.2 Å². The van der Waals surface area contributed by atoms with Gasteiger partial charge in [-0.25, -0.2) is 9.18 Å². The van der Waals surface area contributed by atoms with E-state index in [2.05, 4.69) is 4.90 Å². The van der Waals surface area contributed by atoms with E-state index in [0.717, 1.165) is 5.69 Å². The molecule has 0 saturated carbocycles. The molecule has 2 saturated heterocycles. The number of halogens is 1. The molecule has 0 aliphatic carbocycles. The van der Waals surface area contributed by atoms with Crippen LogP contribution >= 0.6 is 0 Å². The molecule has 3 rings (SSSR count). The second-order valence-electron chi connectivity index (χ2n) is 9.19.